The van der Waals surface area contributed by atoms with Crippen molar-refractivity contribution in [3.05, 3.63) is 12.7 Å². The summed E-state index contributed by atoms with van der Waals surface area (Å²) in [5.74, 6) is -2.10. The van der Waals surface area contributed by atoms with Gasteiger partial charge in [0.05, 0.1) is 24.5 Å². The van der Waals surface area contributed by atoms with Gasteiger partial charge in [-0.25, -0.2) is 0 Å². The van der Waals surface area contributed by atoms with Crippen LogP contribution in [0, 0.1) is 11.8 Å². The van der Waals surface area contributed by atoms with Crippen LogP contribution in [0.3, 0.4) is 0 Å². The van der Waals surface area contributed by atoms with E-state index in [-0.39, 0.29) is 37.2 Å². The Bertz CT molecular complexity index is 710. The van der Waals surface area contributed by atoms with Gasteiger partial charge in [-0.2, -0.15) is 0 Å². The minimum atomic E-state index is -0.985. The van der Waals surface area contributed by atoms with Crippen LogP contribution in [0.1, 0.15) is 52.9 Å². The number of fused-ring (bicyclic) bond motifs is 1. The molecule has 3 saturated heterocycles. The second kappa shape index (κ2) is 9.69. The molecule has 1 spiro atoms. The molecule has 5 atom stereocenters. The molecule has 0 aromatic heterocycles. The Labute approximate surface area is 184 Å². The Morgan fingerprint density at radius 3 is 2.74 bits per heavy atom. The van der Waals surface area contributed by atoms with Gasteiger partial charge in [0.15, 0.2) is 0 Å². The van der Waals surface area contributed by atoms with Crippen LogP contribution in [0.25, 0.3) is 0 Å². The van der Waals surface area contributed by atoms with Crippen molar-refractivity contribution < 1.29 is 29.0 Å². The van der Waals surface area contributed by atoms with Crippen molar-refractivity contribution in [3.63, 3.8) is 0 Å². The highest BCUT2D eigenvalue weighted by atomic mass is 16.6. The minimum Gasteiger partial charge on any atom is -0.466 e. The van der Waals surface area contributed by atoms with E-state index in [9.17, 15) is 14.4 Å². The molecular weight excluding hydrogens is 400 g/mol. The molecule has 2 bridgehead atoms. The van der Waals surface area contributed by atoms with E-state index < -0.39 is 29.4 Å². The summed E-state index contributed by atoms with van der Waals surface area (Å²) >= 11 is 0. The highest BCUT2D eigenvalue weighted by Crippen LogP contribution is 2.58. The van der Waals surface area contributed by atoms with Gasteiger partial charge in [-0.3, -0.25) is 14.4 Å². The van der Waals surface area contributed by atoms with E-state index in [0.29, 0.717) is 38.8 Å². The van der Waals surface area contributed by atoms with Crippen molar-refractivity contribution in [1.29, 1.82) is 0 Å². The third-order valence-corrected chi connectivity index (χ3v) is 6.88. The summed E-state index contributed by atoms with van der Waals surface area (Å²) in [7, 11) is 0. The highest BCUT2D eigenvalue weighted by molar-refractivity contribution is 5.98. The third-order valence-electron chi connectivity index (χ3n) is 6.88. The molecule has 3 aliphatic rings. The summed E-state index contributed by atoms with van der Waals surface area (Å²) < 4.78 is 11.6. The molecule has 8 heteroatoms. The van der Waals surface area contributed by atoms with Crippen LogP contribution in [0.4, 0.5) is 0 Å². The number of amides is 2. The Hall–Kier alpha value is -1.93. The number of carbonyl (C=O) groups excluding carboxylic acids is 3. The van der Waals surface area contributed by atoms with Crippen LogP contribution < -0.4 is 0 Å². The van der Waals surface area contributed by atoms with Gasteiger partial charge in [-0.05, 0) is 52.9 Å². The van der Waals surface area contributed by atoms with E-state index in [0.717, 1.165) is 6.42 Å². The molecule has 31 heavy (non-hydrogen) atoms. The van der Waals surface area contributed by atoms with Crippen LogP contribution in [0.15, 0.2) is 12.7 Å². The average Bonchev–Trinajstić information content (AvgIpc) is 3.36. The number of likely N-dealkylation sites (tertiary alicyclic amines) is 1. The number of rotatable bonds is 11. The Balaban J connectivity index is 1.96. The predicted octanol–water partition coefficient (Wildman–Crippen LogP) is 1.51. The molecule has 8 nitrogen and oxygen atoms in total. The van der Waals surface area contributed by atoms with Crippen LogP contribution in [0.5, 0.6) is 0 Å². The van der Waals surface area contributed by atoms with Crippen molar-refractivity contribution in [2.75, 3.05) is 26.3 Å². The van der Waals surface area contributed by atoms with E-state index in [1.54, 1.807) is 22.8 Å². The number of aliphatic hydroxyl groups is 1. The van der Waals surface area contributed by atoms with E-state index in [4.69, 9.17) is 14.6 Å². The van der Waals surface area contributed by atoms with Crippen molar-refractivity contribution >= 4 is 17.8 Å². The summed E-state index contributed by atoms with van der Waals surface area (Å²) in [5, 5.41) is 9.08. The lowest BCUT2D eigenvalue weighted by Crippen LogP contribution is -2.57. The molecule has 2 amide bonds. The number of esters is 1. The second-order valence-electron chi connectivity index (χ2n) is 9.00. The number of nitrogens with zero attached hydrogens (tertiary/aromatic N) is 2. The monoisotopic (exact) mass is 436 g/mol. The van der Waals surface area contributed by atoms with Crippen molar-refractivity contribution in [3.8, 4) is 0 Å². The molecule has 0 aromatic rings. The van der Waals surface area contributed by atoms with Gasteiger partial charge >= 0.3 is 5.97 Å². The first kappa shape index (κ1) is 23.7. The van der Waals surface area contributed by atoms with Crippen LogP contribution in [-0.2, 0) is 23.9 Å². The normalized spacial score (nSPS) is 31.3. The van der Waals surface area contributed by atoms with Gasteiger partial charge in [0.1, 0.15) is 11.6 Å². The van der Waals surface area contributed by atoms with Crippen LogP contribution in [0.2, 0.25) is 0 Å². The van der Waals surface area contributed by atoms with Gasteiger partial charge in [-0.15, -0.1) is 6.58 Å². The number of hydrogen-bond donors (Lipinski definition) is 1. The van der Waals surface area contributed by atoms with E-state index in [1.165, 1.54) is 0 Å². The summed E-state index contributed by atoms with van der Waals surface area (Å²) in [6.07, 6.45) is 4.59. The highest BCUT2D eigenvalue weighted by Gasteiger charge is 2.75. The molecule has 174 valence electrons. The molecule has 0 aliphatic carbocycles. The van der Waals surface area contributed by atoms with Crippen LogP contribution in [-0.4, -0.2) is 82.8 Å². The standard InChI is InChI=1S/C23H36N2O6/c1-5-12-24(15(3)4)21(28)19-23-11-10-16(31-23)17(22(29)30-6-2)18(23)20(27)25(19)13-8-7-9-14-26/h5,15-19,26H,1,6-14H2,2-4H3/t16-,17+,18+,19?,23?/m1/s1. The molecule has 3 fully saturated rings. The molecule has 3 aliphatic heterocycles. The largest absolute Gasteiger partial charge is 0.466 e. The topological polar surface area (TPSA) is 96.4 Å². The zero-order chi connectivity index (χ0) is 22.8. The maximum absolute atomic E-state index is 13.8. The van der Waals surface area contributed by atoms with E-state index >= 15 is 0 Å². The first-order valence-corrected chi connectivity index (χ1v) is 11.5. The Kier molecular flexibility index (Phi) is 7.42. The van der Waals surface area contributed by atoms with Gasteiger partial charge in [0, 0.05) is 25.7 Å². The molecule has 0 aromatic carbocycles. The maximum atomic E-state index is 13.8. The number of hydrogen-bond acceptors (Lipinski definition) is 6. The van der Waals surface area contributed by atoms with Gasteiger partial charge in [0.25, 0.3) is 0 Å². The lowest BCUT2D eigenvalue weighted by Gasteiger charge is -2.38. The molecule has 1 N–H and O–H groups in total. The Morgan fingerprint density at radius 2 is 2.13 bits per heavy atom. The summed E-state index contributed by atoms with van der Waals surface area (Å²) in [5.41, 5.74) is -0.985. The number of unbranched alkanes of at least 4 members (excludes halogenated alkanes) is 2. The number of ether oxygens (including phenoxy) is 2. The Morgan fingerprint density at radius 1 is 1.39 bits per heavy atom. The maximum Gasteiger partial charge on any atom is 0.312 e. The first-order chi connectivity index (χ1) is 14.8. The second-order valence-corrected chi connectivity index (χ2v) is 9.00. The molecule has 3 heterocycles. The predicted molar refractivity (Wildman–Crippen MR) is 114 cm³/mol. The van der Waals surface area contributed by atoms with Gasteiger partial charge < -0.3 is 24.4 Å². The van der Waals surface area contributed by atoms with Crippen LogP contribution >= 0.6 is 0 Å². The summed E-state index contributed by atoms with van der Waals surface area (Å²) in [4.78, 5) is 43.5. The van der Waals surface area contributed by atoms with E-state index in [1.807, 2.05) is 13.8 Å². The zero-order valence-electron chi connectivity index (χ0n) is 18.9. The quantitative estimate of drug-likeness (QED) is 0.300. The molecule has 2 unspecified atom stereocenters. The minimum absolute atomic E-state index is 0.0632. The molecule has 0 saturated carbocycles. The van der Waals surface area contributed by atoms with Gasteiger partial charge in [-0.1, -0.05) is 6.08 Å². The fourth-order valence-electron chi connectivity index (χ4n) is 5.60. The SMILES string of the molecule is C=CCN(C(=O)C1N(CCCCCO)C(=O)[C@@H]2[C@@H](C(=O)OCC)[C@H]3CCC12O3)C(C)C. The molecule has 3 rings (SSSR count). The van der Waals surface area contributed by atoms with Crippen molar-refractivity contribution in [2.45, 2.75) is 76.7 Å². The van der Waals surface area contributed by atoms with Crippen molar-refractivity contribution in [2.24, 2.45) is 11.8 Å². The fourth-order valence-corrected chi connectivity index (χ4v) is 5.60. The zero-order valence-corrected chi connectivity index (χ0v) is 18.9. The van der Waals surface area contributed by atoms with Crippen molar-refractivity contribution in [1.82, 2.24) is 9.80 Å². The lowest BCUT2D eigenvalue weighted by atomic mass is 9.70. The summed E-state index contributed by atoms with van der Waals surface area (Å²) in [6, 6.07) is -0.822. The first-order valence-electron chi connectivity index (χ1n) is 11.5. The third kappa shape index (κ3) is 4.00. The smallest absolute Gasteiger partial charge is 0.312 e. The average molecular weight is 437 g/mol. The van der Waals surface area contributed by atoms with E-state index in [2.05, 4.69) is 6.58 Å². The van der Waals surface area contributed by atoms with Gasteiger partial charge in [0.2, 0.25) is 11.8 Å². The lowest BCUT2D eigenvalue weighted by molar-refractivity contribution is -0.155. The molecule has 0 radical (unpaired) electrons. The number of aliphatic hydroxyl groups excluding tert-OH is 1. The number of carbonyl (C=O) groups is 3. The molecular formula is C23H36N2O6. The fraction of sp³-hybridized carbons (Fsp3) is 0.783. The summed E-state index contributed by atoms with van der Waals surface area (Å²) in [6.45, 7) is 10.5.